The Morgan fingerprint density at radius 3 is 2.31 bits per heavy atom. The number of hydrogen-bond donors (Lipinski definition) is 4. The van der Waals surface area contributed by atoms with Gasteiger partial charge < -0.3 is 29.9 Å². The number of aliphatic hydroxyl groups excluding tert-OH is 1. The summed E-state index contributed by atoms with van der Waals surface area (Å²) in [5.74, 6) is 0.233. The lowest BCUT2D eigenvalue weighted by molar-refractivity contribution is -0.122. The molecule has 3 aromatic carbocycles. The first-order chi connectivity index (χ1) is 18.8. The van der Waals surface area contributed by atoms with Gasteiger partial charge in [0.25, 0.3) is 0 Å². The number of Topliss-reactive ketones (excluding diaryl/α,β-unsaturated/α-hetero) is 1. The fourth-order valence-electron chi connectivity index (χ4n) is 5.22. The second-order valence-corrected chi connectivity index (χ2v) is 10.4. The SMILES string of the molecule is COc1cc(CC(C(=O)CC(O)CCc2ccc(O)c(OC3CCCCC3)c2)c2cccc(O)c2)ccc1O. The molecule has 2 unspecified atom stereocenters. The molecule has 208 valence electrons. The van der Waals surface area contributed by atoms with Gasteiger partial charge in [-0.2, -0.15) is 0 Å². The van der Waals surface area contributed by atoms with Crippen molar-refractivity contribution in [3.63, 3.8) is 0 Å². The van der Waals surface area contributed by atoms with E-state index in [-0.39, 0.29) is 35.6 Å². The minimum Gasteiger partial charge on any atom is -0.508 e. The summed E-state index contributed by atoms with van der Waals surface area (Å²) >= 11 is 0. The Bertz CT molecular complexity index is 1250. The van der Waals surface area contributed by atoms with Gasteiger partial charge in [0.05, 0.1) is 19.3 Å². The van der Waals surface area contributed by atoms with Gasteiger partial charge in [-0.1, -0.05) is 30.7 Å². The highest BCUT2D eigenvalue weighted by Gasteiger charge is 2.25. The number of aliphatic hydroxyl groups is 1. The Morgan fingerprint density at radius 2 is 1.59 bits per heavy atom. The van der Waals surface area contributed by atoms with Crippen LogP contribution in [-0.4, -0.2) is 45.5 Å². The third-order valence-corrected chi connectivity index (χ3v) is 7.42. The predicted molar refractivity (Wildman–Crippen MR) is 149 cm³/mol. The highest BCUT2D eigenvalue weighted by molar-refractivity contribution is 5.86. The van der Waals surface area contributed by atoms with Crippen LogP contribution in [0.15, 0.2) is 60.7 Å². The van der Waals surface area contributed by atoms with E-state index in [0.717, 1.165) is 36.8 Å². The average molecular weight is 535 g/mol. The smallest absolute Gasteiger partial charge is 0.161 e. The molecule has 4 N–H and O–H groups in total. The summed E-state index contributed by atoms with van der Waals surface area (Å²) in [7, 11) is 1.46. The lowest BCUT2D eigenvalue weighted by atomic mass is 9.85. The lowest BCUT2D eigenvalue weighted by Gasteiger charge is -2.23. The molecule has 0 spiro atoms. The summed E-state index contributed by atoms with van der Waals surface area (Å²) in [5.41, 5.74) is 2.36. The summed E-state index contributed by atoms with van der Waals surface area (Å²) in [6.45, 7) is 0. The maximum Gasteiger partial charge on any atom is 0.161 e. The van der Waals surface area contributed by atoms with Crippen LogP contribution in [0.2, 0.25) is 0 Å². The van der Waals surface area contributed by atoms with Gasteiger partial charge in [-0.25, -0.2) is 0 Å². The molecule has 39 heavy (non-hydrogen) atoms. The van der Waals surface area contributed by atoms with Crippen molar-refractivity contribution in [1.29, 1.82) is 0 Å². The molecule has 0 radical (unpaired) electrons. The van der Waals surface area contributed by atoms with Gasteiger partial charge in [-0.05, 0) is 98.0 Å². The third-order valence-electron chi connectivity index (χ3n) is 7.42. The Kier molecular flexibility index (Phi) is 9.71. The summed E-state index contributed by atoms with van der Waals surface area (Å²) < 4.78 is 11.3. The van der Waals surface area contributed by atoms with Crippen LogP contribution in [-0.2, 0) is 17.6 Å². The second kappa shape index (κ2) is 13.4. The zero-order valence-electron chi connectivity index (χ0n) is 22.4. The minimum absolute atomic E-state index is 0.0124. The minimum atomic E-state index is -0.858. The maximum absolute atomic E-state index is 13.4. The molecule has 0 amide bonds. The number of phenols is 3. The number of rotatable bonds is 12. The van der Waals surface area contributed by atoms with E-state index in [9.17, 15) is 25.2 Å². The molecule has 0 saturated heterocycles. The zero-order chi connectivity index (χ0) is 27.8. The molecule has 4 rings (SSSR count). The number of methoxy groups -OCH3 is 1. The van der Waals surface area contributed by atoms with Gasteiger partial charge in [0.2, 0.25) is 0 Å². The molecule has 1 aliphatic rings. The van der Waals surface area contributed by atoms with Gasteiger partial charge in [0.1, 0.15) is 11.5 Å². The van der Waals surface area contributed by atoms with Crippen molar-refractivity contribution in [1.82, 2.24) is 0 Å². The molecule has 1 aliphatic carbocycles. The van der Waals surface area contributed by atoms with Crippen LogP contribution in [0, 0.1) is 0 Å². The maximum atomic E-state index is 13.4. The van der Waals surface area contributed by atoms with Crippen LogP contribution in [0.25, 0.3) is 0 Å². The highest BCUT2D eigenvalue weighted by Crippen LogP contribution is 2.33. The Labute approximate surface area is 229 Å². The first kappa shape index (κ1) is 28.3. The molecule has 7 heteroatoms. The topological polar surface area (TPSA) is 116 Å². The molecular weight excluding hydrogens is 496 g/mol. The van der Waals surface area contributed by atoms with Crippen molar-refractivity contribution in [2.75, 3.05) is 7.11 Å². The number of ketones is 1. The van der Waals surface area contributed by atoms with Crippen molar-refractivity contribution in [2.45, 2.75) is 75.9 Å². The summed E-state index contributed by atoms with van der Waals surface area (Å²) in [5, 5.41) is 41.0. The van der Waals surface area contributed by atoms with Crippen LogP contribution in [0.4, 0.5) is 0 Å². The molecule has 0 heterocycles. The number of ether oxygens (including phenoxy) is 2. The van der Waals surface area contributed by atoms with Crippen molar-refractivity contribution in [3.05, 3.63) is 77.4 Å². The number of benzene rings is 3. The van der Waals surface area contributed by atoms with E-state index in [2.05, 4.69) is 0 Å². The number of phenolic OH excluding ortho intramolecular Hbond substituents is 3. The van der Waals surface area contributed by atoms with Crippen molar-refractivity contribution in [3.8, 4) is 28.7 Å². The number of aryl methyl sites for hydroxylation is 1. The first-order valence-corrected chi connectivity index (χ1v) is 13.7. The monoisotopic (exact) mass is 534 g/mol. The van der Waals surface area contributed by atoms with Crippen molar-refractivity contribution < 1.29 is 34.7 Å². The third kappa shape index (κ3) is 7.90. The van der Waals surface area contributed by atoms with Crippen LogP contribution in [0.1, 0.15) is 67.6 Å². The quantitative estimate of drug-likeness (QED) is 0.232. The van der Waals surface area contributed by atoms with Gasteiger partial charge >= 0.3 is 0 Å². The number of aromatic hydroxyl groups is 3. The normalized spacial score (nSPS) is 15.4. The van der Waals surface area contributed by atoms with Crippen molar-refractivity contribution in [2.24, 2.45) is 0 Å². The number of hydrogen-bond acceptors (Lipinski definition) is 7. The molecule has 7 nitrogen and oxygen atoms in total. The average Bonchev–Trinajstić information content (AvgIpc) is 2.93. The fourth-order valence-corrected chi connectivity index (χ4v) is 5.22. The molecule has 2 atom stereocenters. The van der Waals surface area contributed by atoms with Crippen LogP contribution >= 0.6 is 0 Å². The van der Waals surface area contributed by atoms with Crippen LogP contribution < -0.4 is 9.47 Å². The van der Waals surface area contributed by atoms with E-state index < -0.39 is 12.0 Å². The van der Waals surface area contributed by atoms with E-state index in [0.29, 0.717) is 36.3 Å². The van der Waals surface area contributed by atoms with Gasteiger partial charge in [-0.15, -0.1) is 0 Å². The highest BCUT2D eigenvalue weighted by atomic mass is 16.5. The molecule has 0 aromatic heterocycles. The predicted octanol–water partition coefficient (Wildman–Crippen LogP) is 5.80. The van der Waals surface area contributed by atoms with Crippen LogP contribution in [0.5, 0.6) is 28.7 Å². The van der Waals surface area contributed by atoms with Crippen LogP contribution in [0.3, 0.4) is 0 Å². The molecule has 1 saturated carbocycles. The largest absolute Gasteiger partial charge is 0.508 e. The number of carbonyl (C=O) groups excluding carboxylic acids is 1. The Hall–Kier alpha value is -3.71. The van der Waals surface area contributed by atoms with E-state index in [1.165, 1.54) is 19.6 Å². The first-order valence-electron chi connectivity index (χ1n) is 13.7. The Morgan fingerprint density at radius 1 is 0.897 bits per heavy atom. The van der Waals surface area contributed by atoms with E-state index in [1.807, 2.05) is 12.1 Å². The van der Waals surface area contributed by atoms with Gasteiger partial charge in [0.15, 0.2) is 23.0 Å². The molecule has 3 aromatic rings. The molecule has 0 bridgehead atoms. The molecule has 1 fully saturated rings. The summed E-state index contributed by atoms with van der Waals surface area (Å²) in [6, 6.07) is 16.8. The standard InChI is InChI=1S/C32H38O7/c1-38-31-18-22(12-15-28(31)35)16-27(23-6-5-7-24(33)19-23)30(37)20-25(34)13-10-21-11-14-29(36)32(17-21)39-26-8-3-2-4-9-26/h5-7,11-12,14-15,17-19,25-27,33-36H,2-4,8-10,13,16,20H2,1H3. The fraction of sp³-hybridized carbons (Fsp3) is 0.406. The van der Waals surface area contributed by atoms with Gasteiger partial charge in [0, 0.05) is 12.3 Å². The van der Waals surface area contributed by atoms with E-state index >= 15 is 0 Å². The molecule has 0 aliphatic heterocycles. The zero-order valence-corrected chi connectivity index (χ0v) is 22.4. The lowest BCUT2D eigenvalue weighted by Crippen LogP contribution is -2.22. The second-order valence-electron chi connectivity index (χ2n) is 10.4. The Balaban J connectivity index is 1.41. The van der Waals surface area contributed by atoms with Crippen molar-refractivity contribution >= 4 is 5.78 Å². The number of carbonyl (C=O) groups is 1. The van der Waals surface area contributed by atoms with Gasteiger partial charge in [-0.3, -0.25) is 4.79 Å². The van der Waals surface area contributed by atoms with E-state index in [4.69, 9.17) is 9.47 Å². The van der Waals surface area contributed by atoms with E-state index in [1.54, 1.807) is 42.5 Å². The summed E-state index contributed by atoms with van der Waals surface area (Å²) in [4.78, 5) is 13.4. The molecular formula is C32H38O7. The summed E-state index contributed by atoms with van der Waals surface area (Å²) in [6.07, 6.45) is 5.91.